The number of aromatic nitrogens is 2. The predicted molar refractivity (Wildman–Crippen MR) is 87.6 cm³/mol. The molecule has 0 aromatic carbocycles. The van der Waals surface area contributed by atoms with Gasteiger partial charge >= 0.3 is 6.03 Å². The standard InChI is InChI=1S/C16H25N5O2/c1-13-11-15(18-12-17-13)19(2)14-3-5-20(6-4-14)16(22)21-7-9-23-10-8-21/h11-12,14H,3-10H2,1-2H3. The molecule has 2 fully saturated rings. The van der Waals surface area contributed by atoms with E-state index < -0.39 is 0 Å². The van der Waals surface area contributed by atoms with Gasteiger partial charge < -0.3 is 19.4 Å². The van der Waals surface area contributed by atoms with Crippen LogP contribution < -0.4 is 4.90 Å². The normalized spacial score (nSPS) is 19.7. The van der Waals surface area contributed by atoms with Crippen LogP contribution in [0.3, 0.4) is 0 Å². The number of morpholine rings is 1. The van der Waals surface area contributed by atoms with Crippen LogP contribution in [0.2, 0.25) is 0 Å². The summed E-state index contributed by atoms with van der Waals surface area (Å²) in [5, 5.41) is 0. The van der Waals surface area contributed by atoms with E-state index in [1.807, 2.05) is 22.8 Å². The van der Waals surface area contributed by atoms with Gasteiger partial charge in [0.2, 0.25) is 0 Å². The Morgan fingerprint density at radius 1 is 1.17 bits per heavy atom. The van der Waals surface area contributed by atoms with E-state index in [0.717, 1.165) is 37.4 Å². The van der Waals surface area contributed by atoms with Crippen LogP contribution in [0.5, 0.6) is 0 Å². The molecule has 0 unspecified atom stereocenters. The number of ether oxygens (including phenoxy) is 1. The second kappa shape index (κ2) is 7.12. The first-order valence-electron chi connectivity index (χ1n) is 8.28. The third-order valence-corrected chi connectivity index (χ3v) is 4.72. The molecule has 0 saturated carbocycles. The van der Waals surface area contributed by atoms with Gasteiger partial charge in [0.1, 0.15) is 12.1 Å². The molecule has 23 heavy (non-hydrogen) atoms. The van der Waals surface area contributed by atoms with Gasteiger partial charge in [-0.2, -0.15) is 0 Å². The molecule has 0 radical (unpaired) electrons. The average molecular weight is 319 g/mol. The van der Waals surface area contributed by atoms with Gasteiger partial charge in [0.15, 0.2) is 0 Å². The average Bonchev–Trinajstić information content (AvgIpc) is 2.61. The third kappa shape index (κ3) is 3.72. The van der Waals surface area contributed by atoms with Crippen molar-refractivity contribution in [2.24, 2.45) is 0 Å². The summed E-state index contributed by atoms with van der Waals surface area (Å²) in [6.07, 6.45) is 3.55. The number of carbonyl (C=O) groups is 1. The van der Waals surface area contributed by atoms with E-state index in [2.05, 4.69) is 21.9 Å². The molecule has 3 rings (SSSR count). The van der Waals surface area contributed by atoms with Crippen molar-refractivity contribution in [2.75, 3.05) is 51.3 Å². The van der Waals surface area contributed by atoms with Crippen LogP contribution in [-0.2, 0) is 4.74 Å². The first kappa shape index (κ1) is 16.0. The lowest BCUT2D eigenvalue weighted by Gasteiger charge is -2.39. The lowest BCUT2D eigenvalue weighted by Crippen LogP contribution is -2.52. The maximum Gasteiger partial charge on any atom is 0.320 e. The van der Waals surface area contributed by atoms with Gasteiger partial charge in [-0.3, -0.25) is 0 Å². The van der Waals surface area contributed by atoms with E-state index in [4.69, 9.17) is 4.74 Å². The zero-order chi connectivity index (χ0) is 16.2. The van der Waals surface area contributed by atoms with Crippen molar-refractivity contribution in [1.29, 1.82) is 0 Å². The molecular formula is C16H25N5O2. The SMILES string of the molecule is Cc1cc(N(C)C2CCN(C(=O)N3CCOCC3)CC2)ncn1. The number of likely N-dealkylation sites (tertiary alicyclic amines) is 1. The van der Waals surface area contributed by atoms with Gasteiger partial charge in [-0.05, 0) is 19.8 Å². The Balaban J connectivity index is 1.54. The largest absolute Gasteiger partial charge is 0.378 e. The maximum atomic E-state index is 12.5. The van der Waals surface area contributed by atoms with E-state index in [1.165, 1.54) is 0 Å². The lowest BCUT2D eigenvalue weighted by molar-refractivity contribution is 0.0412. The Morgan fingerprint density at radius 2 is 1.83 bits per heavy atom. The van der Waals surface area contributed by atoms with Gasteiger partial charge in [0.25, 0.3) is 0 Å². The number of nitrogens with zero attached hydrogens (tertiary/aromatic N) is 5. The molecule has 2 amide bonds. The fourth-order valence-electron chi connectivity index (χ4n) is 3.22. The lowest BCUT2D eigenvalue weighted by atomic mass is 10.0. The summed E-state index contributed by atoms with van der Waals surface area (Å²) >= 11 is 0. The van der Waals surface area contributed by atoms with Gasteiger partial charge in [-0.25, -0.2) is 14.8 Å². The summed E-state index contributed by atoms with van der Waals surface area (Å²) in [6, 6.07) is 2.58. The van der Waals surface area contributed by atoms with Crippen LogP contribution in [0.15, 0.2) is 12.4 Å². The summed E-state index contributed by atoms with van der Waals surface area (Å²) in [4.78, 5) is 27.1. The second-order valence-corrected chi connectivity index (χ2v) is 6.23. The van der Waals surface area contributed by atoms with E-state index in [0.29, 0.717) is 32.3 Å². The number of rotatable bonds is 2. The first-order valence-corrected chi connectivity index (χ1v) is 8.28. The number of urea groups is 1. The summed E-state index contributed by atoms with van der Waals surface area (Å²) in [6.45, 7) is 6.29. The third-order valence-electron chi connectivity index (χ3n) is 4.72. The van der Waals surface area contributed by atoms with Crippen LogP contribution in [0.25, 0.3) is 0 Å². The van der Waals surface area contributed by atoms with Crippen molar-refractivity contribution in [3.8, 4) is 0 Å². The number of carbonyl (C=O) groups excluding carboxylic acids is 1. The Hall–Kier alpha value is -1.89. The summed E-state index contributed by atoms with van der Waals surface area (Å²) < 4.78 is 5.31. The zero-order valence-corrected chi connectivity index (χ0v) is 13.9. The Kier molecular flexibility index (Phi) is 4.95. The van der Waals surface area contributed by atoms with Crippen LogP contribution in [0, 0.1) is 6.92 Å². The second-order valence-electron chi connectivity index (χ2n) is 6.23. The van der Waals surface area contributed by atoms with Gasteiger partial charge in [0.05, 0.1) is 13.2 Å². The molecule has 0 aliphatic carbocycles. The van der Waals surface area contributed by atoms with Crippen molar-refractivity contribution < 1.29 is 9.53 Å². The minimum Gasteiger partial charge on any atom is -0.378 e. The summed E-state index contributed by atoms with van der Waals surface area (Å²) in [5.41, 5.74) is 0.974. The van der Waals surface area contributed by atoms with Crippen molar-refractivity contribution in [1.82, 2.24) is 19.8 Å². The quantitative estimate of drug-likeness (QED) is 0.818. The fourth-order valence-corrected chi connectivity index (χ4v) is 3.22. The maximum absolute atomic E-state index is 12.5. The highest BCUT2D eigenvalue weighted by Gasteiger charge is 2.29. The number of hydrogen-bond donors (Lipinski definition) is 0. The smallest absolute Gasteiger partial charge is 0.320 e. The minimum atomic E-state index is 0.160. The molecule has 1 aromatic heterocycles. The van der Waals surface area contributed by atoms with Gasteiger partial charge in [-0.1, -0.05) is 0 Å². The van der Waals surface area contributed by atoms with Crippen LogP contribution >= 0.6 is 0 Å². The van der Waals surface area contributed by atoms with Crippen molar-refractivity contribution in [2.45, 2.75) is 25.8 Å². The van der Waals surface area contributed by atoms with E-state index in [1.54, 1.807) is 6.33 Å². The first-order chi connectivity index (χ1) is 11.1. The topological polar surface area (TPSA) is 61.8 Å². The Morgan fingerprint density at radius 3 is 2.48 bits per heavy atom. The predicted octanol–water partition coefficient (Wildman–Crippen LogP) is 1.14. The molecule has 7 heteroatoms. The highest BCUT2D eigenvalue weighted by Crippen LogP contribution is 2.21. The number of aryl methyl sites for hydroxylation is 1. The van der Waals surface area contributed by atoms with E-state index in [9.17, 15) is 4.79 Å². The zero-order valence-electron chi connectivity index (χ0n) is 13.9. The molecular weight excluding hydrogens is 294 g/mol. The molecule has 3 heterocycles. The van der Waals surface area contributed by atoms with Crippen LogP contribution in [0.4, 0.5) is 10.6 Å². The molecule has 7 nitrogen and oxygen atoms in total. The highest BCUT2D eigenvalue weighted by atomic mass is 16.5. The van der Waals surface area contributed by atoms with Crippen LogP contribution in [0.1, 0.15) is 18.5 Å². The number of hydrogen-bond acceptors (Lipinski definition) is 5. The van der Waals surface area contributed by atoms with Crippen molar-refractivity contribution >= 4 is 11.8 Å². The van der Waals surface area contributed by atoms with E-state index in [-0.39, 0.29) is 6.03 Å². The van der Waals surface area contributed by atoms with Crippen molar-refractivity contribution in [3.63, 3.8) is 0 Å². The Labute approximate surface area is 137 Å². The number of anilines is 1. The van der Waals surface area contributed by atoms with Crippen LogP contribution in [-0.4, -0.2) is 78.3 Å². The summed E-state index contributed by atoms with van der Waals surface area (Å²) in [7, 11) is 2.08. The minimum absolute atomic E-state index is 0.160. The molecule has 0 spiro atoms. The molecule has 126 valence electrons. The summed E-state index contributed by atoms with van der Waals surface area (Å²) in [5.74, 6) is 0.954. The molecule has 0 atom stereocenters. The van der Waals surface area contributed by atoms with E-state index >= 15 is 0 Å². The molecule has 2 aliphatic heterocycles. The molecule has 2 aliphatic rings. The molecule has 0 N–H and O–H groups in total. The number of piperidine rings is 1. The highest BCUT2D eigenvalue weighted by molar-refractivity contribution is 5.74. The van der Waals surface area contributed by atoms with Gasteiger partial charge in [0, 0.05) is 51.0 Å². The monoisotopic (exact) mass is 319 g/mol. The van der Waals surface area contributed by atoms with Gasteiger partial charge in [-0.15, -0.1) is 0 Å². The fraction of sp³-hybridized carbons (Fsp3) is 0.688. The van der Waals surface area contributed by atoms with Crippen molar-refractivity contribution in [3.05, 3.63) is 18.1 Å². The number of amides is 2. The Bertz CT molecular complexity index is 539. The molecule has 1 aromatic rings. The molecule has 2 saturated heterocycles. The molecule has 0 bridgehead atoms.